The average Bonchev–Trinajstić information content (AvgIpc) is 3.06. The second kappa shape index (κ2) is 6.96. The van der Waals surface area contributed by atoms with Gasteiger partial charge in [0, 0.05) is 31.4 Å². The number of amides is 1. The van der Waals surface area contributed by atoms with Crippen LogP contribution in [0.4, 0.5) is 0 Å². The van der Waals surface area contributed by atoms with Gasteiger partial charge in [0.1, 0.15) is 0 Å². The molecule has 2 fully saturated rings. The van der Waals surface area contributed by atoms with Gasteiger partial charge in [-0.05, 0) is 36.5 Å². The van der Waals surface area contributed by atoms with Crippen molar-refractivity contribution in [3.05, 3.63) is 66.0 Å². The Morgan fingerprint density at radius 1 is 1.24 bits per heavy atom. The zero-order valence-corrected chi connectivity index (χ0v) is 14.4. The summed E-state index contributed by atoms with van der Waals surface area (Å²) >= 11 is 0. The molecule has 2 saturated heterocycles. The van der Waals surface area contributed by atoms with Gasteiger partial charge in [-0.3, -0.25) is 9.78 Å². The standard InChI is InChI=1S/C21H24N2O2/c24-20(12-17-6-4-10-22-14-17)23-11-5-9-21(16-23)13-19(15-25-21)18-7-2-1-3-8-18/h1-4,6-8,10,14,19H,5,9,11-13,15-16H2. The maximum atomic E-state index is 12.7. The molecule has 4 nitrogen and oxygen atoms in total. The topological polar surface area (TPSA) is 42.4 Å². The fourth-order valence-electron chi connectivity index (χ4n) is 4.17. The van der Waals surface area contributed by atoms with Crippen molar-refractivity contribution >= 4 is 5.91 Å². The number of carbonyl (C=O) groups excluding carboxylic acids is 1. The van der Waals surface area contributed by atoms with Crippen LogP contribution >= 0.6 is 0 Å². The highest BCUT2D eigenvalue weighted by Crippen LogP contribution is 2.41. The van der Waals surface area contributed by atoms with E-state index in [1.54, 1.807) is 12.4 Å². The number of likely N-dealkylation sites (tertiary alicyclic amines) is 1. The Morgan fingerprint density at radius 2 is 2.12 bits per heavy atom. The van der Waals surface area contributed by atoms with Crippen molar-refractivity contribution in [2.45, 2.75) is 37.2 Å². The fraction of sp³-hybridized carbons (Fsp3) is 0.429. The van der Waals surface area contributed by atoms with E-state index in [1.807, 2.05) is 17.0 Å². The molecule has 1 aromatic carbocycles. The molecule has 1 amide bonds. The summed E-state index contributed by atoms with van der Waals surface area (Å²) < 4.78 is 6.27. The largest absolute Gasteiger partial charge is 0.372 e. The number of benzene rings is 1. The predicted molar refractivity (Wildman–Crippen MR) is 96.2 cm³/mol. The number of pyridine rings is 1. The van der Waals surface area contributed by atoms with Crippen molar-refractivity contribution in [3.8, 4) is 0 Å². The molecular formula is C21H24N2O2. The molecule has 130 valence electrons. The van der Waals surface area contributed by atoms with E-state index in [9.17, 15) is 4.79 Å². The lowest BCUT2D eigenvalue weighted by Crippen LogP contribution is -2.50. The van der Waals surface area contributed by atoms with E-state index in [4.69, 9.17) is 4.74 Å². The third-order valence-electron chi connectivity index (χ3n) is 5.45. The lowest BCUT2D eigenvalue weighted by Gasteiger charge is -2.40. The highest BCUT2D eigenvalue weighted by atomic mass is 16.5. The van der Waals surface area contributed by atoms with Gasteiger partial charge in [-0.1, -0.05) is 36.4 Å². The quantitative estimate of drug-likeness (QED) is 0.864. The average molecular weight is 336 g/mol. The number of rotatable bonds is 3. The molecule has 1 spiro atoms. The van der Waals surface area contributed by atoms with Crippen molar-refractivity contribution in [3.63, 3.8) is 0 Å². The van der Waals surface area contributed by atoms with Crippen LogP contribution in [0.1, 0.15) is 36.3 Å². The zero-order valence-electron chi connectivity index (χ0n) is 14.4. The molecule has 1 aromatic heterocycles. The van der Waals surface area contributed by atoms with Gasteiger partial charge in [-0.2, -0.15) is 0 Å². The summed E-state index contributed by atoms with van der Waals surface area (Å²) in [6.07, 6.45) is 7.00. The monoisotopic (exact) mass is 336 g/mol. The molecule has 2 atom stereocenters. The molecule has 2 aliphatic rings. The molecule has 3 heterocycles. The molecule has 4 heteroatoms. The molecule has 0 radical (unpaired) electrons. The van der Waals surface area contributed by atoms with Gasteiger partial charge < -0.3 is 9.64 Å². The molecule has 25 heavy (non-hydrogen) atoms. The van der Waals surface area contributed by atoms with Crippen molar-refractivity contribution in [2.24, 2.45) is 0 Å². The maximum Gasteiger partial charge on any atom is 0.227 e. The van der Waals surface area contributed by atoms with Crippen molar-refractivity contribution in [1.82, 2.24) is 9.88 Å². The first-order valence-electron chi connectivity index (χ1n) is 9.10. The Balaban J connectivity index is 1.42. The normalized spacial score (nSPS) is 26.1. The number of hydrogen-bond donors (Lipinski definition) is 0. The minimum Gasteiger partial charge on any atom is -0.372 e. The lowest BCUT2D eigenvalue weighted by molar-refractivity contribution is -0.138. The number of aromatic nitrogens is 1. The lowest BCUT2D eigenvalue weighted by atomic mass is 9.84. The van der Waals surface area contributed by atoms with Gasteiger partial charge in [0.05, 0.1) is 18.6 Å². The Hall–Kier alpha value is -2.20. The summed E-state index contributed by atoms with van der Waals surface area (Å²) in [4.78, 5) is 18.8. The van der Waals surface area contributed by atoms with Crippen LogP contribution in [0.2, 0.25) is 0 Å². The van der Waals surface area contributed by atoms with E-state index in [0.29, 0.717) is 12.3 Å². The van der Waals surface area contributed by atoms with Gasteiger partial charge in [0.25, 0.3) is 0 Å². The summed E-state index contributed by atoms with van der Waals surface area (Å²) in [5, 5.41) is 0. The zero-order chi connectivity index (χ0) is 17.1. The number of carbonyl (C=O) groups is 1. The number of piperidine rings is 1. The summed E-state index contributed by atoms with van der Waals surface area (Å²) in [5.74, 6) is 0.619. The van der Waals surface area contributed by atoms with Crippen molar-refractivity contribution < 1.29 is 9.53 Å². The Bertz CT molecular complexity index is 719. The second-order valence-electron chi connectivity index (χ2n) is 7.26. The van der Waals surface area contributed by atoms with Crippen LogP contribution in [-0.4, -0.2) is 41.1 Å². The highest BCUT2D eigenvalue weighted by molar-refractivity contribution is 5.78. The third-order valence-corrected chi connectivity index (χ3v) is 5.45. The summed E-state index contributed by atoms with van der Waals surface area (Å²) in [6, 6.07) is 14.4. The van der Waals surface area contributed by atoms with E-state index in [0.717, 1.165) is 44.5 Å². The first-order valence-corrected chi connectivity index (χ1v) is 9.10. The Labute approximate surface area is 148 Å². The predicted octanol–water partition coefficient (Wildman–Crippen LogP) is 3.19. The van der Waals surface area contributed by atoms with E-state index >= 15 is 0 Å². The molecule has 2 aliphatic heterocycles. The second-order valence-corrected chi connectivity index (χ2v) is 7.26. The van der Waals surface area contributed by atoms with Crippen LogP contribution in [0.5, 0.6) is 0 Å². The molecule has 0 bridgehead atoms. The minimum atomic E-state index is -0.163. The smallest absolute Gasteiger partial charge is 0.227 e. The first kappa shape index (κ1) is 16.3. The first-order chi connectivity index (χ1) is 12.2. The molecule has 0 N–H and O–H groups in total. The molecule has 2 aromatic rings. The van der Waals surface area contributed by atoms with Crippen LogP contribution in [-0.2, 0) is 16.0 Å². The summed E-state index contributed by atoms with van der Waals surface area (Å²) in [5.41, 5.74) is 2.16. The van der Waals surface area contributed by atoms with Crippen LogP contribution < -0.4 is 0 Å². The maximum absolute atomic E-state index is 12.7. The van der Waals surface area contributed by atoms with Crippen LogP contribution in [0.15, 0.2) is 54.9 Å². The summed E-state index contributed by atoms with van der Waals surface area (Å²) in [6.45, 7) is 2.31. The summed E-state index contributed by atoms with van der Waals surface area (Å²) in [7, 11) is 0. The third kappa shape index (κ3) is 3.59. The highest BCUT2D eigenvalue weighted by Gasteiger charge is 2.44. The van der Waals surface area contributed by atoms with Gasteiger partial charge in [-0.15, -0.1) is 0 Å². The SMILES string of the molecule is O=C(Cc1cccnc1)N1CCCC2(CC(c3ccccc3)CO2)C1. The molecule has 4 rings (SSSR count). The molecule has 0 saturated carbocycles. The Morgan fingerprint density at radius 3 is 2.92 bits per heavy atom. The minimum absolute atomic E-state index is 0.163. The van der Waals surface area contributed by atoms with Crippen molar-refractivity contribution in [2.75, 3.05) is 19.7 Å². The number of hydrogen-bond acceptors (Lipinski definition) is 3. The Kier molecular flexibility index (Phi) is 4.53. The van der Waals surface area contributed by atoms with Gasteiger partial charge >= 0.3 is 0 Å². The molecular weight excluding hydrogens is 312 g/mol. The molecule has 0 aliphatic carbocycles. The van der Waals surface area contributed by atoms with Crippen LogP contribution in [0, 0.1) is 0 Å². The van der Waals surface area contributed by atoms with Gasteiger partial charge in [0.15, 0.2) is 0 Å². The number of nitrogens with zero attached hydrogens (tertiary/aromatic N) is 2. The van der Waals surface area contributed by atoms with E-state index in [-0.39, 0.29) is 11.5 Å². The van der Waals surface area contributed by atoms with Gasteiger partial charge in [0.2, 0.25) is 5.91 Å². The fourth-order valence-corrected chi connectivity index (χ4v) is 4.17. The van der Waals surface area contributed by atoms with Gasteiger partial charge in [-0.25, -0.2) is 0 Å². The number of ether oxygens (including phenoxy) is 1. The van der Waals surface area contributed by atoms with Crippen LogP contribution in [0.25, 0.3) is 0 Å². The van der Waals surface area contributed by atoms with Crippen molar-refractivity contribution in [1.29, 1.82) is 0 Å². The van der Waals surface area contributed by atoms with E-state index in [1.165, 1.54) is 5.56 Å². The van der Waals surface area contributed by atoms with Crippen LogP contribution in [0.3, 0.4) is 0 Å². The van der Waals surface area contributed by atoms with E-state index < -0.39 is 0 Å². The molecule has 2 unspecified atom stereocenters. The van der Waals surface area contributed by atoms with E-state index in [2.05, 4.69) is 35.3 Å².